The maximum absolute atomic E-state index is 14.3. The van der Waals surface area contributed by atoms with E-state index in [0.29, 0.717) is 42.8 Å². The first-order valence-electron chi connectivity index (χ1n) is 19.0. The standard InChI is InChI=1S/C43H51FN6O8.CH4/c1-42(2,3)58-41(55)48-43(4,5)40(54)46-34(26-57-25-28-10-8-7-9-11-28)38(52)47-35-24-50(27-45-35)36(29-14-18-33(56-6)19-15-29)39(53)49-22-20-31(21-23-49)37(51)30-12-16-32(44)17-13-30;/h7-19,24,27,31,34,36H,20-23,25-26H2,1-6H3,(H,46,54)(H,47,52)(H,48,55);1H4/t34-,36?;/m1./s1. The van der Waals surface area contributed by atoms with Crippen molar-refractivity contribution in [3.8, 4) is 5.75 Å². The monoisotopic (exact) mass is 814 g/mol. The Morgan fingerprint density at radius 2 is 1.54 bits per heavy atom. The fourth-order valence-electron chi connectivity index (χ4n) is 6.38. The van der Waals surface area contributed by atoms with Gasteiger partial charge in [-0.1, -0.05) is 49.9 Å². The molecule has 59 heavy (non-hydrogen) atoms. The number of piperidine rings is 1. The molecule has 2 heterocycles. The summed E-state index contributed by atoms with van der Waals surface area (Å²) in [5.74, 6) is -1.68. The van der Waals surface area contributed by atoms with E-state index in [-0.39, 0.29) is 44.1 Å². The number of hydrogen-bond donors (Lipinski definition) is 3. The van der Waals surface area contributed by atoms with Crippen LogP contribution in [0.1, 0.15) is 82.4 Å². The summed E-state index contributed by atoms with van der Waals surface area (Å²) in [5, 5.41) is 7.97. The van der Waals surface area contributed by atoms with Gasteiger partial charge in [-0.2, -0.15) is 0 Å². The van der Waals surface area contributed by atoms with Crippen molar-refractivity contribution in [3.63, 3.8) is 0 Å². The lowest BCUT2D eigenvalue weighted by atomic mass is 9.88. The van der Waals surface area contributed by atoms with Crippen LogP contribution in [0.5, 0.6) is 5.75 Å². The molecule has 0 saturated carbocycles. The number of Topliss-reactive ketones (excluding diaryl/α,β-unsaturated/α-hetero) is 1. The highest BCUT2D eigenvalue weighted by Gasteiger charge is 2.36. The molecule has 0 spiro atoms. The number of rotatable bonds is 15. The van der Waals surface area contributed by atoms with Gasteiger partial charge in [0.05, 0.1) is 26.7 Å². The van der Waals surface area contributed by atoms with E-state index in [9.17, 15) is 28.4 Å². The van der Waals surface area contributed by atoms with Gasteiger partial charge in [0.25, 0.3) is 5.91 Å². The number of carbonyl (C=O) groups excluding carboxylic acids is 5. The predicted octanol–water partition coefficient (Wildman–Crippen LogP) is 6.32. The lowest BCUT2D eigenvalue weighted by Gasteiger charge is -2.34. The van der Waals surface area contributed by atoms with Gasteiger partial charge in [0.1, 0.15) is 34.8 Å². The Bertz CT molecular complexity index is 2040. The number of ether oxygens (including phenoxy) is 3. The molecule has 5 rings (SSSR count). The second-order valence-electron chi connectivity index (χ2n) is 15.6. The molecule has 1 aliphatic heterocycles. The number of benzene rings is 3. The zero-order valence-electron chi connectivity index (χ0n) is 33.6. The molecular formula is C44H55FN6O8. The lowest BCUT2D eigenvalue weighted by Crippen LogP contribution is -2.59. The summed E-state index contributed by atoms with van der Waals surface area (Å²) < 4.78 is 31.6. The van der Waals surface area contributed by atoms with E-state index >= 15 is 0 Å². The van der Waals surface area contributed by atoms with E-state index in [1.807, 2.05) is 30.3 Å². The Kier molecular flexibility index (Phi) is 15.5. The largest absolute Gasteiger partial charge is 0.497 e. The van der Waals surface area contributed by atoms with Crippen LogP contribution < -0.4 is 20.7 Å². The van der Waals surface area contributed by atoms with E-state index in [4.69, 9.17) is 14.2 Å². The highest BCUT2D eigenvalue weighted by Crippen LogP contribution is 2.29. The Labute approximate surface area is 344 Å². The fourth-order valence-corrected chi connectivity index (χ4v) is 6.38. The normalized spacial score (nSPS) is 14.3. The molecule has 4 aromatic rings. The molecule has 4 amide bonds. The number of nitrogens with one attached hydrogen (secondary N) is 3. The van der Waals surface area contributed by atoms with Crippen LogP contribution in [0.4, 0.5) is 15.0 Å². The maximum atomic E-state index is 14.3. The highest BCUT2D eigenvalue weighted by atomic mass is 19.1. The van der Waals surface area contributed by atoms with Crippen molar-refractivity contribution in [3.05, 3.63) is 114 Å². The molecular weight excluding hydrogens is 760 g/mol. The van der Waals surface area contributed by atoms with E-state index in [1.165, 1.54) is 50.6 Å². The van der Waals surface area contributed by atoms with Gasteiger partial charge in [0.2, 0.25) is 11.8 Å². The number of carbonyl (C=O) groups is 5. The van der Waals surface area contributed by atoms with Gasteiger partial charge in [-0.3, -0.25) is 19.2 Å². The molecule has 14 nitrogen and oxygen atoms in total. The van der Waals surface area contributed by atoms with E-state index in [2.05, 4.69) is 20.9 Å². The minimum atomic E-state index is -1.48. The molecule has 3 N–H and O–H groups in total. The average Bonchev–Trinajstić information content (AvgIpc) is 3.64. The van der Waals surface area contributed by atoms with Crippen LogP contribution in [0, 0.1) is 11.7 Å². The third-order valence-electron chi connectivity index (χ3n) is 9.52. The van der Waals surface area contributed by atoms with Gasteiger partial charge in [0.15, 0.2) is 11.6 Å². The number of aromatic nitrogens is 2. The first kappa shape index (κ1) is 45.6. The predicted molar refractivity (Wildman–Crippen MR) is 220 cm³/mol. The van der Waals surface area contributed by atoms with Gasteiger partial charge < -0.3 is 39.6 Å². The first-order chi connectivity index (χ1) is 27.5. The van der Waals surface area contributed by atoms with Gasteiger partial charge in [0, 0.05) is 30.8 Å². The Balaban J connectivity index is 0.00000769. The molecule has 3 aromatic carbocycles. The van der Waals surface area contributed by atoms with Gasteiger partial charge >= 0.3 is 6.09 Å². The quantitative estimate of drug-likeness (QED) is 0.116. The smallest absolute Gasteiger partial charge is 0.408 e. The number of imidazole rings is 1. The van der Waals surface area contributed by atoms with Gasteiger partial charge in [-0.05, 0) is 95.0 Å². The second kappa shape index (κ2) is 20.1. The summed E-state index contributed by atoms with van der Waals surface area (Å²) in [5.41, 5.74) is -0.354. The Morgan fingerprint density at radius 1 is 0.898 bits per heavy atom. The molecule has 1 unspecified atom stereocenters. The van der Waals surface area contributed by atoms with Crippen molar-refractivity contribution in [1.82, 2.24) is 25.1 Å². The summed E-state index contributed by atoms with van der Waals surface area (Å²) in [6.45, 7) is 8.66. The summed E-state index contributed by atoms with van der Waals surface area (Å²) in [4.78, 5) is 73.4. The molecule has 1 saturated heterocycles. The summed E-state index contributed by atoms with van der Waals surface area (Å²) >= 11 is 0. The number of likely N-dealkylation sites (tertiary alicyclic amines) is 1. The van der Waals surface area contributed by atoms with Crippen molar-refractivity contribution < 1.29 is 42.6 Å². The number of methoxy groups -OCH3 is 1. The fraction of sp³-hybridized carbons (Fsp3) is 0.409. The van der Waals surface area contributed by atoms with Crippen LogP contribution in [0.25, 0.3) is 0 Å². The molecule has 1 aromatic heterocycles. The first-order valence-corrected chi connectivity index (χ1v) is 19.0. The van der Waals surface area contributed by atoms with Gasteiger partial charge in [-0.25, -0.2) is 14.2 Å². The summed E-state index contributed by atoms with van der Waals surface area (Å²) in [7, 11) is 1.54. The van der Waals surface area contributed by atoms with E-state index < -0.39 is 46.9 Å². The number of alkyl carbamates (subject to hydrolysis) is 1. The number of halogens is 1. The second-order valence-corrected chi connectivity index (χ2v) is 15.6. The van der Waals surface area contributed by atoms with Crippen LogP contribution in [0.3, 0.4) is 0 Å². The third-order valence-corrected chi connectivity index (χ3v) is 9.52. The Morgan fingerprint density at radius 3 is 2.15 bits per heavy atom. The van der Waals surface area contributed by atoms with Crippen LogP contribution in [0.15, 0.2) is 91.4 Å². The number of amides is 4. The Hall–Kier alpha value is -6.09. The molecule has 1 fully saturated rings. The topological polar surface area (TPSA) is 170 Å². The molecule has 0 aliphatic carbocycles. The van der Waals surface area contributed by atoms with Crippen LogP contribution in [-0.2, 0) is 30.5 Å². The summed E-state index contributed by atoms with van der Waals surface area (Å²) in [6.07, 6.45) is 3.02. The molecule has 1 aliphatic rings. The van der Waals surface area contributed by atoms with Crippen molar-refractivity contribution in [2.75, 3.05) is 32.1 Å². The number of nitrogens with zero attached hydrogens (tertiary/aromatic N) is 3. The van der Waals surface area contributed by atoms with Crippen LogP contribution in [-0.4, -0.2) is 88.0 Å². The molecule has 0 radical (unpaired) electrons. The number of anilines is 1. The summed E-state index contributed by atoms with van der Waals surface area (Å²) in [6, 6.07) is 19.7. The average molecular weight is 815 g/mol. The zero-order valence-corrected chi connectivity index (χ0v) is 33.6. The zero-order chi connectivity index (χ0) is 42.0. The minimum Gasteiger partial charge on any atom is -0.497 e. The maximum Gasteiger partial charge on any atom is 0.408 e. The molecule has 15 heteroatoms. The number of ketones is 1. The van der Waals surface area contributed by atoms with E-state index in [1.54, 1.807) is 61.6 Å². The van der Waals surface area contributed by atoms with Crippen molar-refractivity contribution in [1.29, 1.82) is 0 Å². The molecule has 316 valence electrons. The van der Waals surface area contributed by atoms with Crippen LogP contribution in [0.2, 0.25) is 0 Å². The lowest BCUT2D eigenvalue weighted by molar-refractivity contribution is -0.134. The third kappa shape index (κ3) is 12.7. The van der Waals surface area contributed by atoms with Crippen molar-refractivity contribution in [2.24, 2.45) is 5.92 Å². The molecule has 2 atom stereocenters. The van der Waals surface area contributed by atoms with E-state index in [0.717, 1.165) is 5.56 Å². The van der Waals surface area contributed by atoms with Crippen molar-refractivity contribution >= 4 is 35.4 Å². The minimum absolute atomic E-state index is 0. The van der Waals surface area contributed by atoms with Crippen LogP contribution >= 0.6 is 0 Å². The molecule has 0 bridgehead atoms. The SMILES string of the molecule is C.COc1ccc(C(C(=O)N2CCC(C(=O)c3ccc(F)cc3)CC2)n2cnc(NC(=O)[C@@H](COCc3ccccc3)NC(=O)C(C)(C)NC(=O)OC(C)(C)C)c2)cc1. The number of hydrogen-bond acceptors (Lipinski definition) is 9. The van der Waals surface area contributed by atoms with Crippen molar-refractivity contribution in [2.45, 2.75) is 84.7 Å². The highest BCUT2D eigenvalue weighted by molar-refractivity contribution is 5.99. The van der Waals surface area contributed by atoms with Gasteiger partial charge in [-0.15, -0.1) is 0 Å².